The molecule has 2 N–H and O–H groups in total. The summed E-state index contributed by atoms with van der Waals surface area (Å²) in [5.74, 6) is -1.59. The predicted molar refractivity (Wildman–Crippen MR) is 74.8 cm³/mol. The number of nitrogens with zero attached hydrogens (tertiary/aromatic N) is 1. The van der Waals surface area contributed by atoms with Crippen LogP contribution < -0.4 is 5.73 Å². The number of ether oxygens (including phenoxy) is 1. The van der Waals surface area contributed by atoms with Crippen molar-refractivity contribution < 1.29 is 27.1 Å². The van der Waals surface area contributed by atoms with Gasteiger partial charge in [-0.1, -0.05) is 6.07 Å². The first-order valence-corrected chi connectivity index (χ1v) is 7.10. The molecule has 1 aromatic carbocycles. The summed E-state index contributed by atoms with van der Waals surface area (Å²) in [6, 6.07) is 2.53. The number of methoxy groups -OCH3 is 1. The molecule has 0 bridgehead atoms. The number of halogens is 4. The summed E-state index contributed by atoms with van der Waals surface area (Å²) < 4.78 is 57.5. The molecule has 8 heteroatoms. The third-order valence-corrected chi connectivity index (χ3v) is 4.20. The van der Waals surface area contributed by atoms with Crippen LogP contribution in [0.25, 0.3) is 0 Å². The molecule has 128 valence electrons. The maximum atomic E-state index is 13.2. The number of primary amides is 1. The van der Waals surface area contributed by atoms with E-state index in [2.05, 4.69) is 0 Å². The van der Waals surface area contributed by atoms with E-state index in [9.17, 15) is 22.4 Å². The van der Waals surface area contributed by atoms with Crippen molar-refractivity contribution in [3.8, 4) is 0 Å². The van der Waals surface area contributed by atoms with Gasteiger partial charge in [-0.3, -0.25) is 9.69 Å². The van der Waals surface area contributed by atoms with E-state index < -0.39 is 29.0 Å². The summed E-state index contributed by atoms with van der Waals surface area (Å²) in [5, 5.41) is 0. The summed E-state index contributed by atoms with van der Waals surface area (Å²) in [5.41, 5.74) is 3.20. The zero-order valence-electron chi connectivity index (χ0n) is 12.6. The minimum absolute atomic E-state index is 0.00484. The summed E-state index contributed by atoms with van der Waals surface area (Å²) in [4.78, 5) is 13.5. The molecule has 1 aliphatic rings. The molecule has 4 nitrogen and oxygen atoms in total. The van der Waals surface area contributed by atoms with Crippen LogP contribution in [0.2, 0.25) is 0 Å². The van der Waals surface area contributed by atoms with E-state index >= 15 is 0 Å². The van der Waals surface area contributed by atoms with Gasteiger partial charge in [-0.2, -0.15) is 13.2 Å². The molecule has 0 aliphatic carbocycles. The van der Waals surface area contributed by atoms with Crippen molar-refractivity contribution in [2.45, 2.75) is 31.1 Å². The van der Waals surface area contributed by atoms with Gasteiger partial charge in [0.25, 0.3) is 0 Å². The Bertz CT molecular complexity index is 591. The second kappa shape index (κ2) is 6.45. The van der Waals surface area contributed by atoms with Crippen molar-refractivity contribution in [2.75, 3.05) is 20.3 Å². The molecule has 1 heterocycles. The van der Waals surface area contributed by atoms with E-state index in [0.29, 0.717) is 25.5 Å². The number of amides is 1. The molecular weight excluding hydrogens is 316 g/mol. The van der Waals surface area contributed by atoms with Crippen LogP contribution in [-0.2, 0) is 22.3 Å². The van der Waals surface area contributed by atoms with Crippen molar-refractivity contribution in [3.05, 3.63) is 35.1 Å². The molecule has 0 aromatic heterocycles. The van der Waals surface area contributed by atoms with Gasteiger partial charge in [0.2, 0.25) is 5.91 Å². The van der Waals surface area contributed by atoms with E-state index in [1.807, 2.05) is 0 Å². The Morgan fingerprint density at radius 1 is 1.43 bits per heavy atom. The zero-order valence-corrected chi connectivity index (χ0v) is 12.6. The molecule has 1 aliphatic heterocycles. The van der Waals surface area contributed by atoms with Gasteiger partial charge >= 0.3 is 6.18 Å². The average Bonchev–Trinajstić information content (AvgIpc) is 2.84. The van der Waals surface area contributed by atoms with Crippen LogP contribution in [0.5, 0.6) is 0 Å². The highest BCUT2D eigenvalue weighted by Gasteiger charge is 2.47. The van der Waals surface area contributed by atoms with Gasteiger partial charge in [-0.25, -0.2) is 4.39 Å². The molecule has 0 spiro atoms. The lowest BCUT2D eigenvalue weighted by Gasteiger charge is -2.35. The lowest BCUT2D eigenvalue weighted by atomic mass is 9.95. The van der Waals surface area contributed by atoms with Crippen molar-refractivity contribution in [1.82, 2.24) is 4.90 Å². The van der Waals surface area contributed by atoms with Gasteiger partial charge in [0.15, 0.2) is 0 Å². The molecule has 1 unspecified atom stereocenters. The smallest absolute Gasteiger partial charge is 0.382 e. The van der Waals surface area contributed by atoms with Crippen LogP contribution in [0.15, 0.2) is 18.2 Å². The molecule has 23 heavy (non-hydrogen) atoms. The number of hydrogen-bond acceptors (Lipinski definition) is 3. The Kier molecular flexibility index (Phi) is 4.95. The number of carbonyl (C=O) groups excluding carboxylic acids is 1. The largest absolute Gasteiger partial charge is 0.416 e. The number of carbonyl (C=O) groups is 1. The van der Waals surface area contributed by atoms with Crippen LogP contribution >= 0.6 is 0 Å². The maximum Gasteiger partial charge on any atom is 0.416 e. The first-order chi connectivity index (χ1) is 10.7. The van der Waals surface area contributed by atoms with Crippen LogP contribution in [0.1, 0.15) is 24.0 Å². The quantitative estimate of drug-likeness (QED) is 0.841. The first-order valence-electron chi connectivity index (χ1n) is 7.10. The van der Waals surface area contributed by atoms with E-state index in [1.54, 1.807) is 4.90 Å². The highest BCUT2D eigenvalue weighted by Crippen LogP contribution is 2.36. The van der Waals surface area contributed by atoms with E-state index in [-0.39, 0.29) is 18.7 Å². The van der Waals surface area contributed by atoms with Crippen molar-refractivity contribution >= 4 is 5.91 Å². The maximum absolute atomic E-state index is 13.2. The van der Waals surface area contributed by atoms with Crippen LogP contribution in [0.3, 0.4) is 0 Å². The summed E-state index contributed by atoms with van der Waals surface area (Å²) >= 11 is 0. The topological polar surface area (TPSA) is 55.6 Å². The lowest BCUT2D eigenvalue weighted by Crippen LogP contribution is -2.56. The molecular formula is C15H18F4N2O2. The number of hydrogen-bond donors (Lipinski definition) is 1. The van der Waals surface area contributed by atoms with Gasteiger partial charge in [0.05, 0.1) is 12.2 Å². The molecule has 0 saturated carbocycles. The SMILES string of the molecule is COCC1(C(N)=O)CCCN1Cc1ccc(F)cc1C(F)(F)F. The normalized spacial score (nSPS) is 22.5. The standard InChI is InChI=1S/C15H18F4N2O2/c1-23-9-14(13(20)22)5-2-6-21(14)8-10-3-4-11(16)7-12(10)15(17,18)19/h3-4,7H,2,5-6,8-9H2,1H3,(H2,20,22). The van der Waals surface area contributed by atoms with Crippen molar-refractivity contribution in [1.29, 1.82) is 0 Å². The number of benzene rings is 1. The molecule has 1 fully saturated rings. The van der Waals surface area contributed by atoms with Crippen molar-refractivity contribution in [3.63, 3.8) is 0 Å². The van der Waals surface area contributed by atoms with Crippen molar-refractivity contribution in [2.24, 2.45) is 5.73 Å². The zero-order chi connectivity index (χ0) is 17.3. The fraction of sp³-hybridized carbons (Fsp3) is 0.533. The van der Waals surface area contributed by atoms with Gasteiger partial charge < -0.3 is 10.5 Å². The van der Waals surface area contributed by atoms with Gasteiger partial charge in [-0.15, -0.1) is 0 Å². The van der Waals surface area contributed by atoms with Crippen LogP contribution in [0.4, 0.5) is 17.6 Å². The monoisotopic (exact) mass is 334 g/mol. The number of alkyl halides is 3. The van der Waals surface area contributed by atoms with E-state index in [4.69, 9.17) is 10.5 Å². The lowest BCUT2D eigenvalue weighted by molar-refractivity contribution is -0.139. The third-order valence-electron chi connectivity index (χ3n) is 4.20. The van der Waals surface area contributed by atoms with Gasteiger partial charge in [0, 0.05) is 13.7 Å². The number of nitrogens with two attached hydrogens (primary N) is 1. The van der Waals surface area contributed by atoms with Crippen LogP contribution in [-0.4, -0.2) is 36.6 Å². The predicted octanol–water partition coefficient (Wildman–Crippen LogP) is 2.31. The minimum Gasteiger partial charge on any atom is -0.382 e. The minimum atomic E-state index is -4.67. The summed E-state index contributed by atoms with van der Waals surface area (Å²) in [6.07, 6.45) is -3.64. The Balaban J connectivity index is 2.36. The van der Waals surface area contributed by atoms with E-state index in [0.717, 1.165) is 12.1 Å². The van der Waals surface area contributed by atoms with E-state index in [1.165, 1.54) is 7.11 Å². The second-order valence-corrected chi connectivity index (χ2v) is 5.65. The van der Waals surface area contributed by atoms with Gasteiger partial charge in [-0.05, 0) is 37.1 Å². The molecule has 1 saturated heterocycles. The number of rotatable bonds is 5. The molecule has 1 amide bonds. The number of likely N-dealkylation sites (tertiary alicyclic amines) is 1. The molecule has 0 radical (unpaired) electrons. The Morgan fingerprint density at radius 2 is 2.13 bits per heavy atom. The summed E-state index contributed by atoms with van der Waals surface area (Å²) in [7, 11) is 1.40. The summed E-state index contributed by atoms with van der Waals surface area (Å²) in [6.45, 7) is 0.271. The average molecular weight is 334 g/mol. The Morgan fingerprint density at radius 3 is 2.70 bits per heavy atom. The molecule has 1 atom stereocenters. The fourth-order valence-electron chi connectivity index (χ4n) is 3.07. The highest BCUT2D eigenvalue weighted by molar-refractivity contribution is 5.85. The fourth-order valence-corrected chi connectivity index (χ4v) is 3.07. The Labute approximate surface area is 131 Å². The molecule has 2 rings (SSSR count). The first kappa shape index (κ1) is 17.7. The highest BCUT2D eigenvalue weighted by atomic mass is 19.4. The van der Waals surface area contributed by atoms with Crippen LogP contribution in [0, 0.1) is 5.82 Å². The molecule has 1 aromatic rings. The second-order valence-electron chi connectivity index (χ2n) is 5.65. The third kappa shape index (κ3) is 3.48. The van der Waals surface area contributed by atoms with Gasteiger partial charge in [0.1, 0.15) is 11.4 Å². The Hall–Kier alpha value is -1.67.